The molecule has 0 radical (unpaired) electrons. The fraction of sp³-hybridized carbons (Fsp3) is 0.409. The van der Waals surface area contributed by atoms with E-state index in [4.69, 9.17) is 9.47 Å². The van der Waals surface area contributed by atoms with Crippen LogP contribution in [0.25, 0.3) is 0 Å². The Kier molecular flexibility index (Phi) is 8.68. The number of ether oxygens (including phenoxy) is 2. The van der Waals surface area contributed by atoms with Gasteiger partial charge in [0.2, 0.25) is 5.91 Å². The molecular formula is C22H30N2O5S. The zero-order valence-electron chi connectivity index (χ0n) is 17.9. The number of amides is 1. The molecule has 1 unspecified atom stereocenters. The van der Waals surface area contributed by atoms with Gasteiger partial charge in [0, 0.05) is 19.2 Å². The minimum Gasteiger partial charge on any atom is -0.497 e. The van der Waals surface area contributed by atoms with Crippen molar-refractivity contribution >= 4 is 15.7 Å². The summed E-state index contributed by atoms with van der Waals surface area (Å²) < 4.78 is 33.7. The molecule has 164 valence electrons. The van der Waals surface area contributed by atoms with Crippen molar-refractivity contribution in [2.45, 2.75) is 23.8 Å². The van der Waals surface area contributed by atoms with E-state index in [9.17, 15) is 13.2 Å². The second kappa shape index (κ2) is 11.0. The fourth-order valence-corrected chi connectivity index (χ4v) is 3.56. The van der Waals surface area contributed by atoms with Crippen molar-refractivity contribution in [1.82, 2.24) is 10.2 Å². The van der Waals surface area contributed by atoms with Crippen LogP contribution in [-0.4, -0.2) is 59.8 Å². The molecule has 1 atom stereocenters. The van der Waals surface area contributed by atoms with Crippen molar-refractivity contribution in [2.75, 3.05) is 40.6 Å². The van der Waals surface area contributed by atoms with E-state index in [0.717, 1.165) is 17.6 Å². The highest BCUT2D eigenvalue weighted by atomic mass is 32.2. The lowest BCUT2D eigenvalue weighted by molar-refractivity contribution is -0.121. The molecule has 0 aliphatic carbocycles. The number of carbonyl (C=O) groups excluding carboxylic acids is 1. The van der Waals surface area contributed by atoms with E-state index in [-0.39, 0.29) is 16.8 Å². The molecule has 8 heteroatoms. The van der Waals surface area contributed by atoms with Gasteiger partial charge >= 0.3 is 0 Å². The van der Waals surface area contributed by atoms with E-state index >= 15 is 0 Å². The van der Waals surface area contributed by atoms with Gasteiger partial charge in [0.1, 0.15) is 11.5 Å². The van der Waals surface area contributed by atoms with Crippen molar-refractivity contribution < 1.29 is 22.7 Å². The van der Waals surface area contributed by atoms with Gasteiger partial charge in [-0.15, -0.1) is 0 Å². The van der Waals surface area contributed by atoms with Gasteiger partial charge in [-0.2, -0.15) is 0 Å². The lowest BCUT2D eigenvalue weighted by Gasteiger charge is -2.25. The second-order valence-corrected chi connectivity index (χ2v) is 9.27. The predicted molar refractivity (Wildman–Crippen MR) is 117 cm³/mol. The molecule has 0 saturated heterocycles. The van der Waals surface area contributed by atoms with E-state index in [1.165, 1.54) is 12.1 Å². The standard InChI is InChI=1S/C22H30N2O5S/c1-24(2)21(17-7-9-18(28-3)10-8-17)16-23-22(25)6-5-15-29-19-11-13-20(14-12-19)30(4,26)27/h7-14,21H,5-6,15-16H2,1-4H3,(H,23,25). The first-order valence-corrected chi connectivity index (χ1v) is 11.6. The predicted octanol–water partition coefficient (Wildman–Crippen LogP) is 2.68. The van der Waals surface area contributed by atoms with Crippen LogP contribution in [0, 0.1) is 0 Å². The van der Waals surface area contributed by atoms with Gasteiger partial charge in [-0.25, -0.2) is 8.42 Å². The first kappa shape index (κ1) is 23.7. The first-order valence-electron chi connectivity index (χ1n) is 9.70. The average Bonchev–Trinajstić information content (AvgIpc) is 2.71. The number of hydrogen-bond acceptors (Lipinski definition) is 6. The first-order chi connectivity index (χ1) is 14.2. The van der Waals surface area contributed by atoms with Gasteiger partial charge in [0.15, 0.2) is 9.84 Å². The van der Waals surface area contributed by atoms with Crippen LogP contribution in [-0.2, 0) is 14.6 Å². The molecule has 7 nitrogen and oxygen atoms in total. The van der Waals surface area contributed by atoms with Crippen LogP contribution in [0.4, 0.5) is 0 Å². The molecule has 1 N–H and O–H groups in total. The van der Waals surface area contributed by atoms with Crippen molar-refractivity contribution in [1.29, 1.82) is 0 Å². The Morgan fingerprint density at radius 2 is 1.63 bits per heavy atom. The van der Waals surface area contributed by atoms with Crippen molar-refractivity contribution in [3.8, 4) is 11.5 Å². The van der Waals surface area contributed by atoms with Gasteiger partial charge < -0.3 is 19.7 Å². The highest BCUT2D eigenvalue weighted by Gasteiger charge is 2.15. The van der Waals surface area contributed by atoms with Crippen LogP contribution < -0.4 is 14.8 Å². The van der Waals surface area contributed by atoms with Crippen LogP contribution >= 0.6 is 0 Å². The Bertz CT molecular complexity index is 910. The summed E-state index contributed by atoms with van der Waals surface area (Å²) in [7, 11) is 2.37. The second-order valence-electron chi connectivity index (χ2n) is 7.25. The Morgan fingerprint density at radius 3 is 2.17 bits per heavy atom. The molecule has 0 saturated carbocycles. The zero-order valence-corrected chi connectivity index (χ0v) is 18.7. The Hall–Kier alpha value is -2.58. The Morgan fingerprint density at radius 1 is 1.03 bits per heavy atom. The third-order valence-corrected chi connectivity index (χ3v) is 5.81. The van der Waals surface area contributed by atoms with Gasteiger partial charge in [0.05, 0.1) is 24.7 Å². The van der Waals surface area contributed by atoms with Crippen molar-refractivity contribution in [3.63, 3.8) is 0 Å². The third kappa shape index (κ3) is 7.35. The number of rotatable bonds is 11. The van der Waals surface area contributed by atoms with Crippen LogP contribution in [0.15, 0.2) is 53.4 Å². The van der Waals surface area contributed by atoms with Gasteiger partial charge in [-0.3, -0.25) is 4.79 Å². The zero-order chi connectivity index (χ0) is 22.1. The van der Waals surface area contributed by atoms with Crippen LogP contribution in [0.3, 0.4) is 0 Å². The number of hydrogen-bond donors (Lipinski definition) is 1. The molecular weight excluding hydrogens is 404 g/mol. The molecule has 0 spiro atoms. The third-order valence-electron chi connectivity index (χ3n) is 4.69. The van der Waals surface area contributed by atoms with Crippen LogP contribution in [0.5, 0.6) is 11.5 Å². The molecule has 2 rings (SSSR count). The quantitative estimate of drug-likeness (QED) is 0.548. The minimum atomic E-state index is -3.22. The lowest BCUT2D eigenvalue weighted by Crippen LogP contribution is -2.34. The highest BCUT2D eigenvalue weighted by Crippen LogP contribution is 2.21. The monoisotopic (exact) mass is 434 g/mol. The summed E-state index contributed by atoms with van der Waals surface area (Å²) in [5.74, 6) is 1.34. The average molecular weight is 435 g/mol. The molecule has 0 aromatic heterocycles. The van der Waals surface area contributed by atoms with E-state index in [2.05, 4.69) is 10.2 Å². The molecule has 0 fully saturated rings. The number of likely N-dealkylation sites (N-methyl/N-ethyl adjacent to an activating group) is 1. The molecule has 0 aliphatic heterocycles. The van der Waals surface area contributed by atoms with E-state index in [1.54, 1.807) is 19.2 Å². The summed E-state index contributed by atoms with van der Waals surface area (Å²) in [5, 5.41) is 2.98. The molecule has 30 heavy (non-hydrogen) atoms. The van der Waals surface area contributed by atoms with Gasteiger partial charge in [0.25, 0.3) is 0 Å². The largest absolute Gasteiger partial charge is 0.497 e. The summed E-state index contributed by atoms with van der Waals surface area (Å²) in [4.78, 5) is 14.5. The molecule has 2 aromatic carbocycles. The number of methoxy groups -OCH3 is 1. The number of carbonyl (C=O) groups is 1. The lowest BCUT2D eigenvalue weighted by atomic mass is 10.1. The summed E-state index contributed by atoms with van der Waals surface area (Å²) in [6, 6.07) is 14.1. The van der Waals surface area contributed by atoms with Crippen LogP contribution in [0.2, 0.25) is 0 Å². The normalized spacial score (nSPS) is 12.4. The fourth-order valence-electron chi connectivity index (χ4n) is 2.93. The smallest absolute Gasteiger partial charge is 0.220 e. The number of nitrogens with one attached hydrogen (secondary N) is 1. The van der Waals surface area contributed by atoms with Crippen molar-refractivity contribution in [2.24, 2.45) is 0 Å². The molecule has 0 aliphatic rings. The maximum absolute atomic E-state index is 12.2. The molecule has 2 aromatic rings. The maximum Gasteiger partial charge on any atom is 0.220 e. The van der Waals surface area contributed by atoms with Crippen LogP contribution in [0.1, 0.15) is 24.4 Å². The minimum absolute atomic E-state index is 0.0358. The summed E-state index contributed by atoms with van der Waals surface area (Å²) in [6.07, 6.45) is 2.08. The number of benzene rings is 2. The Labute approximate surface area is 178 Å². The van der Waals surface area contributed by atoms with Gasteiger partial charge in [-0.05, 0) is 62.5 Å². The molecule has 0 bridgehead atoms. The number of sulfone groups is 1. The Balaban J connectivity index is 1.75. The number of nitrogens with zero attached hydrogens (tertiary/aromatic N) is 1. The van der Waals surface area contributed by atoms with E-state index in [0.29, 0.717) is 31.7 Å². The summed E-state index contributed by atoms with van der Waals surface area (Å²) >= 11 is 0. The van der Waals surface area contributed by atoms with Crippen molar-refractivity contribution in [3.05, 3.63) is 54.1 Å². The topological polar surface area (TPSA) is 84.9 Å². The van der Waals surface area contributed by atoms with E-state index in [1.807, 2.05) is 38.4 Å². The molecule has 1 amide bonds. The van der Waals surface area contributed by atoms with E-state index < -0.39 is 9.84 Å². The maximum atomic E-state index is 12.2. The SMILES string of the molecule is COc1ccc(C(CNC(=O)CCCOc2ccc(S(C)(=O)=O)cc2)N(C)C)cc1. The molecule has 0 heterocycles. The summed E-state index contributed by atoms with van der Waals surface area (Å²) in [6.45, 7) is 0.882. The van der Waals surface area contributed by atoms with Gasteiger partial charge in [-0.1, -0.05) is 12.1 Å². The summed E-state index contributed by atoms with van der Waals surface area (Å²) in [5.41, 5.74) is 1.10. The highest BCUT2D eigenvalue weighted by molar-refractivity contribution is 7.90.